The second kappa shape index (κ2) is 15.3. The van der Waals surface area contributed by atoms with E-state index in [0.29, 0.717) is 40.3 Å². The second-order valence-corrected chi connectivity index (χ2v) is 8.87. The van der Waals surface area contributed by atoms with E-state index in [4.69, 9.17) is 14.8 Å². The predicted octanol–water partition coefficient (Wildman–Crippen LogP) is 3.99. The van der Waals surface area contributed by atoms with E-state index in [-0.39, 0.29) is 24.5 Å². The Morgan fingerprint density at radius 2 is 1.95 bits per heavy atom. The van der Waals surface area contributed by atoms with Gasteiger partial charge in [0.25, 0.3) is 5.56 Å². The maximum atomic E-state index is 13.7. The Labute approximate surface area is 234 Å². The van der Waals surface area contributed by atoms with Crippen LogP contribution in [0.25, 0.3) is 16.6 Å². The Morgan fingerprint density at radius 1 is 1.18 bits per heavy atom. The molecule has 9 nitrogen and oxygen atoms in total. The van der Waals surface area contributed by atoms with Crippen LogP contribution < -0.4 is 15.6 Å². The molecule has 0 unspecified atom stereocenters. The molecule has 210 valence electrons. The molecule has 3 N–H and O–H groups in total. The van der Waals surface area contributed by atoms with E-state index >= 15 is 0 Å². The van der Waals surface area contributed by atoms with Crippen molar-refractivity contribution in [2.24, 2.45) is 4.99 Å². The maximum absolute atomic E-state index is 13.7. The number of pyridine rings is 1. The van der Waals surface area contributed by atoms with Gasteiger partial charge in [0, 0.05) is 30.8 Å². The number of fused-ring (bicyclic) bond motifs is 1. The number of phenolic OH excluding ortho intramolecular Hbond substituents is 1. The molecule has 0 bridgehead atoms. The molecule has 0 aliphatic rings. The van der Waals surface area contributed by atoms with Gasteiger partial charge in [0.1, 0.15) is 28.5 Å². The lowest BCUT2D eigenvalue weighted by Gasteiger charge is -2.16. The van der Waals surface area contributed by atoms with Gasteiger partial charge in [-0.15, -0.1) is 0 Å². The topological polar surface area (TPSA) is 122 Å². The lowest BCUT2D eigenvalue weighted by Crippen LogP contribution is -2.27. The molecule has 0 saturated carbocycles. The van der Waals surface area contributed by atoms with Crippen molar-refractivity contribution in [3.05, 3.63) is 99.9 Å². The summed E-state index contributed by atoms with van der Waals surface area (Å²) in [6.45, 7) is 9.65. The molecule has 2 aromatic carbocycles. The van der Waals surface area contributed by atoms with Gasteiger partial charge in [-0.25, -0.2) is 4.98 Å². The SMILES string of the molecule is C=N/C(=C\C)c1nccc2c(=O)n(Cc3ccc(O)cc3OC)c(CCc3ccccc3)nc12.CCNCCO. The number of hydrogen-bond donors (Lipinski definition) is 3. The van der Waals surface area contributed by atoms with Gasteiger partial charge in [-0.3, -0.25) is 19.3 Å². The van der Waals surface area contributed by atoms with E-state index < -0.39 is 0 Å². The fourth-order valence-electron chi connectivity index (χ4n) is 4.23. The second-order valence-electron chi connectivity index (χ2n) is 8.87. The number of aromatic hydroxyl groups is 1. The molecule has 0 radical (unpaired) electrons. The van der Waals surface area contributed by atoms with Crippen LogP contribution >= 0.6 is 0 Å². The summed E-state index contributed by atoms with van der Waals surface area (Å²) in [5, 5.41) is 21.4. The third-order valence-corrected chi connectivity index (χ3v) is 6.26. The summed E-state index contributed by atoms with van der Waals surface area (Å²) in [6.07, 6.45) is 4.66. The first-order valence-corrected chi connectivity index (χ1v) is 13.2. The minimum atomic E-state index is -0.175. The average Bonchev–Trinajstić information content (AvgIpc) is 2.99. The molecule has 2 heterocycles. The van der Waals surface area contributed by atoms with E-state index in [2.05, 4.69) is 34.1 Å². The van der Waals surface area contributed by atoms with Crippen LogP contribution in [0.15, 0.2) is 76.7 Å². The third-order valence-electron chi connectivity index (χ3n) is 6.26. The highest BCUT2D eigenvalue weighted by atomic mass is 16.5. The lowest BCUT2D eigenvalue weighted by molar-refractivity contribution is 0.293. The smallest absolute Gasteiger partial charge is 0.261 e. The summed E-state index contributed by atoms with van der Waals surface area (Å²) < 4.78 is 7.11. The Balaban J connectivity index is 0.000000663. The number of aromatic nitrogens is 3. The fraction of sp³-hybridized carbons (Fsp3) is 0.290. The van der Waals surface area contributed by atoms with Gasteiger partial charge in [-0.1, -0.05) is 43.3 Å². The molecule has 0 saturated heterocycles. The van der Waals surface area contributed by atoms with Crippen molar-refractivity contribution in [2.45, 2.75) is 33.2 Å². The molecule has 0 atom stereocenters. The van der Waals surface area contributed by atoms with Gasteiger partial charge in [0.15, 0.2) is 0 Å². The summed E-state index contributed by atoms with van der Waals surface area (Å²) in [5.41, 5.74) is 3.35. The van der Waals surface area contributed by atoms with Gasteiger partial charge >= 0.3 is 0 Å². The van der Waals surface area contributed by atoms with Gasteiger partial charge in [-0.2, -0.15) is 0 Å². The molecule has 0 spiro atoms. The number of ether oxygens (including phenoxy) is 1. The normalized spacial score (nSPS) is 11.2. The van der Waals surface area contributed by atoms with Crippen LogP contribution in [0.4, 0.5) is 0 Å². The molecule has 40 heavy (non-hydrogen) atoms. The molecule has 0 aliphatic carbocycles. The standard InChI is InChI=1S/C27H26N4O3.C4H11NO/c1-4-22(28-2)26-25-21(14-15-29-26)27(33)31(17-19-11-12-20(32)16-23(19)34-3)24(30-25)13-10-18-8-6-5-7-9-18;1-2-5-3-4-6/h4-9,11-12,14-16,32H,2,10,13,17H2,1,3H3;5-6H,2-4H2,1H3/b22-4-;. The van der Waals surface area contributed by atoms with Crippen molar-refractivity contribution < 1.29 is 14.9 Å². The number of aryl methyl sites for hydroxylation is 2. The van der Waals surface area contributed by atoms with Gasteiger partial charge in [-0.05, 0) is 50.4 Å². The predicted molar refractivity (Wildman–Crippen MR) is 160 cm³/mol. The van der Waals surface area contributed by atoms with Crippen LogP contribution in [0.2, 0.25) is 0 Å². The largest absolute Gasteiger partial charge is 0.508 e. The highest BCUT2D eigenvalue weighted by Crippen LogP contribution is 2.26. The lowest BCUT2D eigenvalue weighted by atomic mass is 10.1. The summed E-state index contributed by atoms with van der Waals surface area (Å²) in [5.74, 6) is 1.23. The van der Waals surface area contributed by atoms with Crippen molar-refractivity contribution in [1.82, 2.24) is 19.9 Å². The van der Waals surface area contributed by atoms with Crippen LogP contribution in [-0.2, 0) is 19.4 Å². The van der Waals surface area contributed by atoms with E-state index in [0.717, 1.165) is 30.6 Å². The Hall–Kier alpha value is -4.34. The molecule has 9 heteroatoms. The first-order chi connectivity index (χ1) is 19.5. The Kier molecular flexibility index (Phi) is 11.6. The average molecular weight is 544 g/mol. The zero-order valence-electron chi connectivity index (χ0n) is 23.3. The van der Waals surface area contributed by atoms with Crippen molar-refractivity contribution in [1.29, 1.82) is 0 Å². The van der Waals surface area contributed by atoms with Gasteiger partial charge in [0.05, 0.1) is 31.3 Å². The molecule has 2 aromatic heterocycles. The van der Waals surface area contributed by atoms with Crippen LogP contribution in [0.5, 0.6) is 11.5 Å². The minimum Gasteiger partial charge on any atom is -0.508 e. The summed E-state index contributed by atoms with van der Waals surface area (Å²) in [6, 6.07) is 16.6. The molecule has 0 amide bonds. The molecule has 0 fully saturated rings. The quantitative estimate of drug-likeness (QED) is 0.193. The summed E-state index contributed by atoms with van der Waals surface area (Å²) in [7, 11) is 1.54. The summed E-state index contributed by atoms with van der Waals surface area (Å²) >= 11 is 0. The molecular weight excluding hydrogens is 506 g/mol. The summed E-state index contributed by atoms with van der Waals surface area (Å²) in [4.78, 5) is 27.1. The number of hydrogen-bond acceptors (Lipinski definition) is 8. The number of likely N-dealkylation sites (N-methyl/N-ethyl adjacent to an activating group) is 1. The zero-order chi connectivity index (χ0) is 28.9. The number of rotatable bonds is 11. The zero-order valence-corrected chi connectivity index (χ0v) is 23.3. The number of methoxy groups -OCH3 is 1. The molecular formula is C31H37N5O4. The molecule has 4 aromatic rings. The highest BCUT2D eigenvalue weighted by molar-refractivity contribution is 5.88. The maximum Gasteiger partial charge on any atom is 0.261 e. The number of nitrogens with one attached hydrogen (secondary N) is 1. The van der Waals surface area contributed by atoms with Crippen LogP contribution in [0.3, 0.4) is 0 Å². The van der Waals surface area contributed by atoms with Crippen LogP contribution in [0, 0.1) is 0 Å². The minimum absolute atomic E-state index is 0.0976. The Bertz CT molecular complexity index is 1500. The van der Waals surface area contributed by atoms with Crippen LogP contribution in [-0.4, -0.2) is 58.3 Å². The van der Waals surface area contributed by atoms with Crippen LogP contribution in [0.1, 0.15) is 36.5 Å². The number of benzene rings is 2. The van der Waals surface area contributed by atoms with Gasteiger partial charge in [0.2, 0.25) is 0 Å². The number of allylic oxidation sites excluding steroid dienone is 1. The molecule has 4 rings (SSSR count). The van der Waals surface area contributed by atoms with Crippen molar-refractivity contribution >= 4 is 23.3 Å². The van der Waals surface area contributed by atoms with E-state index in [1.165, 1.54) is 13.2 Å². The highest BCUT2D eigenvalue weighted by Gasteiger charge is 2.17. The van der Waals surface area contributed by atoms with Crippen molar-refractivity contribution in [2.75, 3.05) is 26.8 Å². The monoisotopic (exact) mass is 543 g/mol. The van der Waals surface area contributed by atoms with E-state index in [1.54, 1.807) is 35.0 Å². The van der Waals surface area contributed by atoms with Gasteiger partial charge < -0.3 is 20.3 Å². The third kappa shape index (κ3) is 7.62. The van der Waals surface area contributed by atoms with Crippen molar-refractivity contribution in [3.63, 3.8) is 0 Å². The first kappa shape index (κ1) is 30.2. The molecule has 0 aliphatic heterocycles. The van der Waals surface area contributed by atoms with Crippen molar-refractivity contribution in [3.8, 4) is 11.5 Å². The number of phenols is 1. The van der Waals surface area contributed by atoms with E-state index in [9.17, 15) is 9.90 Å². The Morgan fingerprint density at radius 3 is 2.58 bits per heavy atom. The first-order valence-electron chi connectivity index (χ1n) is 13.2. The number of nitrogens with zero attached hydrogens (tertiary/aromatic N) is 4. The fourth-order valence-corrected chi connectivity index (χ4v) is 4.23. The number of aliphatic hydroxyl groups excluding tert-OH is 1. The number of aliphatic hydroxyl groups is 1. The van der Waals surface area contributed by atoms with E-state index in [1.807, 2.05) is 32.0 Å². The number of aliphatic imine (C=N–C) groups is 1.